The Morgan fingerprint density at radius 3 is 2.78 bits per heavy atom. The van der Waals surface area contributed by atoms with E-state index >= 15 is 0 Å². The molecule has 23 heavy (non-hydrogen) atoms. The number of aliphatic hydroxyl groups excluding tert-OH is 1. The number of carbonyl (C=O) groups is 1. The molecule has 5 nitrogen and oxygen atoms in total. The zero-order valence-corrected chi connectivity index (χ0v) is 14.4. The highest BCUT2D eigenvalue weighted by molar-refractivity contribution is 5.74. The molecular formula is C18H29N3O2. The Morgan fingerprint density at radius 2 is 2.22 bits per heavy atom. The number of amides is 2. The summed E-state index contributed by atoms with van der Waals surface area (Å²) in [4.78, 5) is 18.6. The quantitative estimate of drug-likeness (QED) is 0.847. The predicted octanol–water partition coefficient (Wildman–Crippen LogP) is 2.97. The summed E-state index contributed by atoms with van der Waals surface area (Å²) < 4.78 is 0. The maximum Gasteiger partial charge on any atom is 0.317 e. The van der Waals surface area contributed by atoms with Gasteiger partial charge in [0, 0.05) is 25.7 Å². The van der Waals surface area contributed by atoms with Gasteiger partial charge in [-0.05, 0) is 37.3 Å². The standard InChI is InChI=1S/C18H29N3O2/c1-13(2)11-16(15-8-4-5-10-19-15)20-18(23)21(3)12-14-7-6-9-17(14)22/h4-5,8,10,13-14,16-17,22H,6-7,9,11-12H2,1-3H3,(H,20,23)/t14-,16+,17-/m1/s1. The maximum absolute atomic E-state index is 12.5. The number of carbonyl (C=O) groups excluding carboxylic acids is 1. The lowest BCUT2D eigenvalue weighted by Crippen LogP contribution is -2.43. The first kappa shape index (κ1) is 17.7. The lowest BCUT2D eigenvalue weighted by atomic mass is 10.0. The van der Waals surface area contributed by atoms with Gasteiger partial charge in [-0.15, -0.1) is 0 Å². The fraction of sp³-hybridized carbons (Fsp3) is 0.667. The van der Waals surface area contributed by atoms with E-state index in [-0.39, 0.29) is 24.1 Å². The van der Waals surface area contributed by atoms with E-state index in [1.807, 2.05) is 18.2 Å². The summed E-state index contributed by atoms with van der Waals surface area (Å²) in [5.41, 5.74) is 0.892. The molecule has 1 aliphatic rings. The molecule has 0 aromatic carbocycles. The van der Waals surface area contributed by atoms with Gasteiger partial charge in [0.05, 0.1) is 17.8 Å². The van der Waals surface area contributed by atoms with Crippen LogP contribution in [-0.4, -0.2) is 40.7 Å². The van der Waals surface area contributed by atoms with Crippen molar-refractivity contribution in [1.29, 1.82) is 0 Å². The van der Waals surface area contributed by atoms with Crippen molar-refractivity contribution in [1.82, 2.24) is 15.2 Å². The average molecular weight is 319 g/mol. The minimum atomic E-state index is -0.271. The third kappa shape index (κ3) is 5.20. The molecule has 0 aliphatic heterocycles. The van der Waals surface area contributed by atoms with E-state index in [4.69, 9.17) is 0 Å². The highest BCUT2D eigenvalue weighted by Gasteiger charge is 2.28. The van der Waals surface area contributed by atoms with E-state index in [0.29, 0.717) is 12.5 Å². The second kappa shape index (κ2) is 8.29. The van der Waals surface area contributed by atoms with Crippen molar-refractivity contribution in [2.45, 2.75) is 51.7 Å². The van der Waals surface area contributed by atoms with Crippen LogP contribution < -0.4 is 5.32 Å². The van der Waals surface area contributed by atoms with Gasteiger partial charge in [-0.1, -0.05) is 26.3 Å². The number of rotatable bonds is 6. The first-order chi connectivity index (χ1) is 11.0. The van der Waals surface area contributed by atoms with E-state index in [9.17, 15) is 9.90 Å². The van der Waals surface area contributed by atoms with Gasteiger partial charge in [0.1, 0.15) is 0 Å². The fourth-order valence-corrected chi connectivity index (χ4v) is 3.23. The molecule has 5 heteroatoms. The van der Waals surface area contributed by atoms with E-state index < -0.39 is 0 Å². The molecule has 0 radical (unpaired) electrons. The van der Waals surface area contributed by atoms with Crippen LogP contribution in [0.2, 0.25) is 0 Å². The van der Waals surface area contributed by atoms with Crippen molar-refractivity contribution in [3.8, 4) is 0 Å². The van der Waals surface area contributed by atoms with Crippen LogP contribution in [0.25, 0.3) is 0 Å². The Bertz CT molecular complexity index is 492. The molecule has 1 aliphatic carbocycles. The number of pyridine rings is 1. The number of nitrogens with one attached hydrogen (secondary N) is 1. The SMILES string of the molecule is CC(C)C[C@H](NC(=O)N(C)C[C@H]1CCC[C@H]1O)c1ccccn1. The largest absolute Gasteiger partial charge is 0.393 e. The zero-order valence-electron chi connectivity index (χ0n) is 14.4. The normalized spacial score (nSPS) is 22.1. The van der Waals surface area contributed by atoms with E-state index in [0.717, 1.165) is 31.4 Å². The van der Waals surface area contributed by atoms with Crippen molar-refractivity contribution >= 4 is 6.03 Å². The van der Waals surface area contributed by atoms with Crippen LogP contribution in [0.1, 0.15) is 51.3 Å². The molecule has 1 heterocycles. The number of aliphatic hydroxyl groups is 1. The fourth-order valence-electron chi connectivity index (χ4n) is 3.23. The minimum Gasteiger partial charge on any atom is -0.393 e. The zero-order chi connectivity index (χ0) is 16.8. The average Bonchev–Trinajstić information content (AvgIpc) is 2.92. The summed E-state index contributed by atoms with van der Waals surface area (Å²) in [6, 6.07) is 5.60. The number of hydrogen-bond acceptors (Lipinski definition) is 3. The third-order valence-electron chi connectivity index (χ3n) is 4.52. The lowest BCUT2D eigenvalue weighted by molar-refractivity contribution is 0.113. The second-order valence-electron chi connectivity index (χ2n) is 7.03. The predicted molar refractivity (Wildman–Crippen MR) is 90.9 cm³/mol. The Labute approximate surface area is 139 Å². The molecule has 128 valence electrons. The lowest BCUT2D eigenvalue weighted by Gasteiger charge is -2.27. The molecule has 2 amide bonds. The van der Waals surface area contributed by atoms with Gasteiger partial charge in [0.25, 0.3) is 0 Å². The molecule has 0 spiro atoms. The van der Waals surface area contributed by atoms with E-state index in [1.165, 1.54) is 0 Å². The third-order valence-corrected chi connectivity index (χ3v) is 4.52. The summed E-state index contributed by atoms with van der Waals surface area (Å²) >= 11 is 0. The maximum atomic E-state index is 12.5. The van der Waals surface area contributed by atoms with Crippen molar-refractivity contribution in [2.24, 2.45) is 11.8 Å². The second-order valence-corrected chi connectivity index (χ2v) is 7.03. The van der Waals surface area contributed by atoms with Crippen LogP contribution in [0.5, 0.6) is 0 Å². The van der Waals surface area contributed by atoms with Crippen LogP contribution in [0, 0.1) is 11.8 Å². The first-order valence-electron chi connectivity index (χ1n) is 8.58. The van der Waals surface area contributed by atoms with Crippen LogP contribution in [0.15, 0.2) is 24.4 Å². The van der Waals surface area contributed by atoms with Gasteiger partial charge in [0.15, 0.2) is 0 Å². The van der Waals surface area contributed by atoms with Crippen molar-refractivity contribution in [3.05, 3.63) is 30.1 Å². The summed E-state index contributed by atoms with van der Waals surface area (Å²) in [6.07, 6.45) is 5.23. The molecule has 2 rings (SSSR count). The van der Waals surface area contributed by atoms with Crippen molar-refractivity contribution in [2.75, 3.05) is 13.6 Å². The number of aromatic nitrogens is 1. The number of hydrogen-bond donors (Lipinski definition) is 2. The van der Waals surface area contributed by atoms with Gasteiger partial charge in [-0.25, -0.2) is 4.79 Å². The Hall–Kier alpha value is -1.62. The van der Waals surface area contributed by atoms with E-state index in [1.54, 1.807) is 18.1 Å². The summed E-state index contributed by atoms with van der Waals surface area (Å²) in [7, 11) is 1.80. The van der Waals surface area contributed by atoms with Gasteiger partial charge >= 0.3 is 6.03 Å². The molecule has 1 saturated carbocycles. The molecule has 0 unspecified atom stereocenters. The van der Waals surface area contributed by atoms with Crippen molar-refractivity contribution in [3.63, 3.8) is 0 Å². The first-order valence-corrected chi connectivity index (χ1v) is 8.58. The van der Waals surface area contributed by atoms with Crippen LogP contribution in [-0.2, 0) is 0 Å². The molecule has 0 saturated heterocycles. The molecule has 1 aromatic rings. The van der Waals surface area contributed by atoms with Crippen molar-refractivity contribution < 1.29 is 9.90 Å². The summed E-state index contributed by atoms with van der Waals surface area (Å²) in [5, 5.41) is 13.0. The highest BCUT2D eigenvalue weighted by atomic mass is 16.3. The number of nitrogens with zero attached hydrogens (tertiary/aromatic N) is 2. The molecular weight excluding hydrogens is 290 g/mol. The minimum absolute atomic E-state index is 0.0837. The number of urea groups is 1. The van der Waals surface area contributed by atoms with Crippen LogP contribution in [0.4, 0.5) is 4.79 Å². The Balaban J connectivity index is 1.96. The Morgan fingerprint density at radius 1 is 1.43 bits per heavy atom. The summed E-state index contributed by atoms with van der Waals surface area (Å²) in [6.45, 7) is 4.88. The van der Waals surface area contributed by atoms with Gasteiger partial charge < -0.3 is 15.3 Å². The van der Waals surface area contributed by atoms with E-state index in [2.05, 4.69) is 24.1 Å². The van der Waals surface area contributed by atoms with Crippen LogP contribution in [0.3, 0.4) is 0 Å². The molecule has 3 atom stereocenters. The summed E-state index contributed by atoms with van der Waals surface area (Å²) in [5.74, 6) is 0.661. The highest BCUT2D eigenvalue weighted by Crippen LogP contribution is 2.26. The smallest absolute Gasteiger partial charge is 0.317 e. The molecule has 1 fully saturated rings. The topological polar surface area (TPSA) is 65.5 Å². The van der Waals surface area contributed by atoms with Gasteiger partial charge in [-0.2, -0.15) is 0 Å². The van der Waals surface area contributed by atoms with Crippen LogP contribution >= 0.6 is 0 Å². The Kier molecular flexibility index (Phi) is 6.39. The molecule has 0 bridgehead atoms. The molecule has 1 aromatic heterocycles. The van der Waals surface area contributed by atoms with Gasteiger partial charge in [0.2, 0.25) is 0 Å². The monoisotopic (exact) mass is 319 g/mol. The van der Waals surface area contributed by atoms with Gasteiger partial charge in [-0.3, -0.25) is 4.98 Å². The molecule has 2 N–H and O–H groups in total.